The molecule has 0 aliphatic carbocycles. The van der Waals surface area contributed by atoms with E-state index in [1.807, 2.05) is 54.6 Å². The van der Waals surface area contributed by atoms with Gasteiger partial charge in [-0.15, -0.1) is 0 Å². The molecule has 0 radical (unpaired) electrons. The number of piperidine rings is 1. The van der Waals surface area contributed by atoms with E-state index in [2.05, 4.69) is 0 Å². The number of sulfonamides is 1. The summed E-state index contributed by atoms with van der Waals surface area (Å²) in [5, 5.41) is 11.0. The first kappa shape index (κ1) is 26.6. The van der Waals surface area contributed by atoms with Crippen LogP contribution in [-0.4, -0.2) is 66.6 Å². The normalized spacial score (nSPS) is 19.6. The van der Waals surface area contributed by atoms with Crippen LogP contribution in [0.4, 0.5) is 0 Å². The summed E-state index contributed by atoms with van der Waals surface area (Å²) in [6, 6.07) is 25.8. The smallest absolute Gasteiger partial charge is 0.248 e. The highest BCUT2D eigenvalue weighted by atomic mass is 32.2. The maximum absolute atomic E-state index is 13.5. The fraction of sp³-hybridized carbons (Fsp3) is 0.367. The van der Waals surface area contributed by atoms with Gasteiger partial charge in [-0.1, -0.05) is 72.8 Å². The third-order valence-electron chi connectivity index (χ3n) is 7.62. The summed E-state index contributed by atoms with van der Waals surface area (Å²) in [7, 11) is -3.73. The maximum Gasteiger partial charge on any atom is 0.248 e. The summed E-state index contributed by atoms with van der Waals surface area (Å²) < 4.78 is 34.4. The number of likely N-dealkylation sites (tertiary alicyclic amines) is 1. The van der Waals surface area contributed by atoms with Crippen LogP contribution in [0.3, 0.4) is 0 Å². The van der Waals surface area contributed by atoms with E-state index < -0.39 is 21.7 Å². The Bertz CT molecular complexity index is 1340. The number of nitrogens with zero attached hydrogens (tertiary/aromatic N) is 2. The highest BCUT2D eigenvalue weighted by molar-refractivity contribution is 7.89. The summed E-state index contributed by atoms with van der Waals surface area (Å²) in [5.74, 6) is -0.138. The molecule has 38 heavy (non-hydrogen) atoms. The molecule has 2 aliphatic heterocycles. The number of amides is 1. The van der Waals surface area contributed by atoms with E-state index >= 15 is 0 Å². The Morgan fingerprint density at radius 2 is 1.50 bits per heavy atom. The molecule has 0 bridgehead atoms. The van der Waals surface area contributed by atoms with Gasteiger partial charge in [0.05, 0.1) is 23.1 Å². The molecule has 1 amide bonds. The molecule has 5 rings (SSSR count). The number of fused-ring (bicyclic) bond motifs is 1. The third kappa shape index (κ3) is 5.99. The second-order valence-electron chi connectivity index (χ2n) is 10.3. The first-order valence-corrected chi connectivity index (χ1v) is 14.5. The highest BCUT2D eigenvalue weighted by Gasteiger charge is 2.37. The Morgan fingerprint density at radius 1 is 0.895 bits per heavy atom. The van der Waals surface area contributed by atoms with Crippen molar-refractivity contribution < 1.29 is 23.1 Å². The molecule has 3 aromatic carbocycles. The Morgan fingerprint density at radius 3 is 2.18 bits per heavy atom. The number of hydrogen-bond donors (Lipinski definition) is 1. The maximum atomic E-state index is 13.5. The Balaban J connectivity index is 1.19. The molecule has 8 heteroatoms. The van der Waals surface area contributed by atoms with Crippen LogP contribution in [0.5, 0.6) is 0 Å². The topological polar surface area (TPSA) is 87.2 Å². The second kappa shape index (κ2) is 11.4. The zero-order chi connectivity index (χ0) is 26.6. The predicted octanol–water partition coefficient (Wildman–Crippen LogP) is 3.42. The van der Waals surface area contributed by atoms with Crippen molar-refractivity contribution in [3.63, 3.8) is 0 Å². The van der Waals surface area contributed by atoms with Crippen LogP contribution in [0.25, 0.3) is 0 Å². The van der Waals surface area contributed by atoms with E-state index in [0.29, 0.717) is 38.8 Å². The Hall–Kier alpha value is -3.04. The summed E-state index contributed by atoms with van der Waals surface area (Å²) in [5.41, 5.74) is 2.35. The fourth-order valence-corrected chi connectivity index (χ4v) is 7.02. The number of carbonyl (C=O) groups is 1. The average molecular weight is 535 g/mol. The van der Waals surface area contributed by atoms with Crippen LogP contribution in [0.2, 0.25) is 0 Å². The number of benzene rings is 3. The molecule has 0 spiro atoms. The van der Waals surface area contributed by atoms with E-state index in [4.69, 9.17) is 4.74 Å². The van der Waals surface area contributed by atoms with Crippen molar-refractivity contribution in [2.75, 3.05) is 26.3 Å². The molecule has 1 fully saturated rings. The van der Waals surface area contributed by atoms with Crippen molar-refractivity contribution in [3.8, 4) is 0 Å². The molecule has 1 N–H and O–H groups in total. The van der Waals surface area contributed by atoms with E-state index in [-0.39, 0.29) is 30.6 Å². The van der Waals surface area contributed by atoms with Crippen LogP contribution >= 0.6 is 0 Å². The monoisotopic (exact) mass is 534 g/mol. The van der Waals surface area contributed by atoms with Gasteiger partial charge in [0, 0.05) is 26.1 Å². The number of carbonyl (C=O) groups excluding carboxylic acids is 1. The fourth-order valence-electron chi connectivity index (χ4n) is 5.41. The quantitative estimate of drug-likeness (QED) is 0.479. The number of rotatable bonds is 8. The first-order valence-electron chi connectivity index (χ1n) is 13.1. The van der Waals surface area contributed by atoms with Crippen molar-refractivity contribution in [1.29, 1.82) is 0 Å². The van der Waals surface area contributed by atoms with Crippen molar-refractivity contribution in [1.82, 2.24) is 9.21 Å². The SMILES string of the molecule is O=C(COCC1Cc2ccccc2CN1S(=O)(=O)c1ccccc1)N1CCC(O)(Cc2ccccc2)CC1. The summed E-state index contributed by atoms with van der Waals surface area (Å²) >= 11 is 0. The van der Waals surface area contributed by atoms with Gasteiger partial charge in [0.2, 0.25) is 15.9 Å². The van der Waals surface area contributed by atoms with Gasteiger partial charge >= 0.3 is 0 Å². The van der Waals surface area contributed by atoms with Crippen LogP contribution in [0.15, 0.2) is 89.8 Å². The highest BCUT2D eigenvalue weighted by Crippen LogP contribution is 2.30. The van der Waals surface area contributed by atoms with Crippen LogP contribution < -0.4 is 0 Å². The standard InChI is InChI=1S/C30H34N2O5S/c33-29(31-17-15-30(34,16-18-31)20-24-9-3-1-4-10-24)23-37-22-27-19-25-11-7-8-12-26(25)21-32(27)38(35,36)28-13-5-2-6-14-28/h1-14,27,34H,15-23H2. The average Bonchev–Trinajstić information content (AvgIpc) is 2.94. The van der Waals surface area contributed by atoms with Gasteiger partial charge in [-0.25, -0.2) is 8.42 Å². The zero-order valence-corrected chi connectivity index (χ0v) is 22.2. The lowest BCUT2D eigenvalue weighted by atomic mass is 9.85. The molecule has 2 heterocycles. The van der Waals surface area contributed by atoms with Gasteiger partial charge < -0.3 is 14.7 Å². The molecule has 0 aromatic heterocycles. The number of hydrogen-bond acceptors (Lipinski definition) is 5. The molecule has 0 saturated carbocycles. The number of ether oxygens (including phenoxy) is 1. The van der Waals surface area contributed by atoms with E-state index in [0.717, 1.165) is 16.7 Å². The lowest BCUT2D eigenvalue weighted by Crippen LogP contribution is -2.49. The predicted molar refractivity (Wildman–Crippen MR) is 145 cm³/mol. The molecule has 3 aromatic rings. The van der Waals surface area contributed by atoms with Gasteiger partial charge in [0.15, 0.2) is 0 Å². The molecule has 7 nitrogen and oxygen atoms in total. The van der Waals surface area contributed by atoms with E-state index in [1.165, 1.54) is 4.31 Å². The van der Waals surface area contributed by atoms with Gasteiger partial charge in [-0.05, 0) is 48.1 Å². The Labute approximate surface area is 224 Å². The summed E-state index contributed by atoms with van der Waals surface area (Å²) in [4.78, 5) is 14.9. The van der Waals surface area contributed by atoms with Crippen LogP contribution in [0, 0.1) is 0 Å². The van der Waals surface area contributed by atoms with Gasteiger partial charge in [0.25, 0.3) is 0 Å². The lowest BCUT2D eigenvalue weighted by Gasteiger charge is -2.38. The molecule has 1 unspecified atom stereocenters. The van der Waals surface area contributed by atoms with Gasteiger partial charge in [0.1, 0.15) is 6.61 Å². The van der Waals surface area contributed by atoms with Crippen molar-refractivity contribution in [3.05, 3.63) is 102 Å². The minimum Gasteiger partial charge on any atom is -0.389 e. The van der Waals surface area contributed by atoms with Gasteiger partial charge in [-0.3, -0.25) is 4.79 Å². The molecule has 200 valence electrons. The summed E-state index contributed by atoms with van der Waals surface area (Å²) in [6.07, 6.45) is 2.11. The third-order valence-corrected chi connectivity index (χ3v) is 9.53. The van der Waals surface area contributed by atoms with Crippen LogP contribution in [-0.2, 0) is 38.9 Å². The molecular weight excluding hydrogens is 500 g/mol. The summed E-state index contributed by atoms with van der Waals surface area (Å²) in [6.45, 7) is 1.21. The molecule has 1 atom stereocenters. The molecule has 1 saturated heterocycles. The minimum atomic E-state index is -3.73. The van der Waals surface area contributed by atoms with Gasteiger partial charge in [-0.2, -0.15) is 4.31 Å². The van der Waals surface area contributed by atoms with Crippen molar-refractivity contribution in [2.24, 2.45) is 0 Å². The lowest BCUT2D eigenvalue weighted by molar-refractivity contribution is -0.140. The van der Waals surface area contributed by atoms with Crippen molar-refractivity contribution >= 4 is 15.9 Å². The number of aliphatic hydroxyl groups is 1. The second-order valence-corrected chi connectivity index (χ2v) is 12.2. The Kier molecular flexibility index (Phi) is 7.95. The minimum absolute atomic E-state index is 0.117. The zero-order valence-electron chi connectivity index (χ0n) is 21.4. The molecule has 2 aliphatic rings. The van der Waals surface area contributed by atoms with E-state index in [1.54, 1.807) is 35.2 Å². The van der Waals surface area contributed by atoms with E-state index in [9.17, 15) is 18.3 Å². The largest absolute Gasteiger partial charge is 0.389 e. The van der Waals surface area contributed by atoms with Crippen molar-refractivity contribution in [2.45, 2.75) is 48.8 Å². The first-order chi connectivity index (χ1) is 18.3. The molecular formula is C30H34N2O5S. The van der Waals surface area contributed by atoms with Crippen LogP contribution in [0.1, 0.15) is 29.5 Å².